The van der Waals surface area contributed by atoms with Gasteiger partial charge in [-0.3, -0.25) is 10.1 Å². The van der Waals surface area contributed by atoms with Crippen LogP contribution in [-0.4, -0.2) is 22.9 Å². The maximum Gasteiger partial charge on any atom is 0.274 e. The minimum absolute atomic E-state index is 0.421. The van der Waals surface area contributed by atoms with Gasteiger partial charge < -0.3 is 10.2 Å². The summed E-state index contributed by atoms with van der Waals surface area (Å²) >= 11 is 0. The number of aryl methyl sites for hydroxylation is 1. The maximum absolute atomic E-state index is 10.5. The molecule has 5 nitrogen and oxygen atoms in total. The van der Waals surface area contributed by atoms with Crippen LogP contribution in [0, 0.1) is 17.0 Å². The first-order valence-electron chi connectivity index (χ1n) is 5.55. The Hall–Kier alpha value is -2.04. The molecule has 0 spiro atoms. The van der Waals surface area contributed by atoms with Crippen molar-refractivity contribution in [1.82, 2.24) is 10.2 Å². The Labute approximate surface area is 99.9 Å². The van der Waals surface area contributed by atoms with Crippen molar-refractivity contribution in [2.45, 2.75) is 13.5 Å². The smallest absolute Gasteiger partial charge is 0.274 e. The van der Waals surface area contributed by atoms with Crippen molar-refractivity contribution in [1.29, 1.82) is 0 Å². The molecule has 1 saturated heterocycles. The number of benzene rings is 1. The SMILES string of the molecule is Cc1ccc(CN2CCNC2=C[N+](=O)[O-])cc1. The van der Waals surface area contributed by atoms with Gasteiger partial charge in [-0.1, -0.05) is 29.8 Å². The minimum atomic E-state index is -0.421. The van der Waals surface area contributed by atoms with Gasteiger partial charge >= 0.3 is 0 Å². The molecule has 17 heavy (non-hydrogen) atoms. The third-order valence-electron chi connectivity index (χ3n) is 2.75. The van der Waals surface area contributed by atoms with Gasteiger partial charge in [-0.05, 0) is 12.5 Å². The number of nitro groups is 1. The lowest BCUT2D eigenvalue weighted by Crippen LogP contribution is -2.20. The van der Waals surface area contributed by atoms with Gasteiger partial charge in [0, 0.05) is 19.6 Å². The van der Waals surface area contributed by atoms with E-state index in [1.165, 1.54) is 5.56 Å². The van der Waals surface area contributed by atoms with Crippen LogP contribution < -0.4 is 5.32 Å². The first kappa shape index (κ1) is 11.4. The van der Waals surface area contributed by atoms with Gasteiger partial charge in [-0.2, -0.15) is 0 Å². The van der Waals surface area contributed by atoms with E-state index >= 15 is 0 Å². The third-order valence-corrected chi connectivity index (χ3v) is 2.75. The Morgan fingerprint density at radius 2 is 2.18 bits per heavy atom. The summed E-state index contributed by atoms with van der Waals surface area (Å²) in [5, 5.41) is 13.5. The summed E-state index contributed by atoms with van der Waals surface area (Å²) in [7, 11) is 0. The van der Waals surface area contributed by atoms with E-state index in [0.29, 0.717) is 12.4 Å². The molecule has 90 valence electrons. The lowest BCUT2D eigenvalue weighted by Gasteiger charge is -2.17. The fourth-order valence-corrected chi connectivity index (χ4v) is 1.86. The molecule has 0 unspecified atom stereocenters. The van der Waals surface area contributed by atoms with Crippen LogP contribution >= 0.6 is 0 Å². The Morgan fingerprint density at radius 3 is 2.82 bits per heavy atom. The van der Waals surface area contributed by atoms with Crippen molar-refractivity contribution in [2.24, 2.45) is 0 Å². The molecule has 1 N–H and O–H groups in total. The molecule has 1 heterocycles. The summed E-state index contributed by atoms with van der Waals surface area (Å²) in [6.45, 7) is 4.30. The summed E-state index contributed by atoms with van der Waals surface area (Å²) in [4.78, 5) is 12.0. The molecule has 1 aromatic carbocycles. The van der Waals surface area contributed by atoms with Crippen molar-refractivity contribution < 1.29 is 4.92 Å². The van der Waals surface area contributed by atoms with E-state index in [1.807, 2.05) is 11.8 Å². The highest BCUT2D eigenvalue weighted by atomic mass is 16.6. The summed E-state index contributed by atoms with van der Waals surface area (Å²) < 4.78 is 0. The summed E-state index contributed by atoms with van der Waals surface area (Å²) in [5.74, 6) is 0.593. The van der Waals surface area contributed by atoms with Crippen molar-refractivity contribution in [3.8, 4) is 0 Å². The van der Waals surface area contributed by atoms with Crippen LogP contribution in [0.1, 0.15) is 11.1 Å². The normalized spacial score (nSPS) is 17.2. The van der Waals surface area contributed by atoms with E-state index in [1.54, 1.807) is 0 Å². The highest BCUT2D eigenvalue weighted by Gasteiger charge is 2.19. The number of hydrogen-bond donors (Lipinski definition) is 1. The largest absolute Gasteiger partial charge is 0.365 e. The van der Waals surface area contributed by atoms with E-state index in [-0.39, 0.29) is 0 Å². The van der Waals surface area contributed by atoms with Gasteiger partial charge in [0.2, 0.25) is 0 Å². The number of nitrogens with zero attached hydrogens (tertiary/aromatic N) is 2. The summed E-state index contributed by atoms with van der Waals surface area (Å²) in [5.41, 5.74) is 2.38. The van der Waals surface area contributed by atoms with E-state index in [4.69, 9.17) is 0 Å². The molecule has 1 aromatic rings. The Morgan fingerprint density at radius 1 is 1.47 bits per heavy atom. The molecule has 1 aliphatic heterocycles. The van der Waals surface area contributed by atoms with Crippen LogP contribution in [0.3, 0.4) is 0 Å². The Kier molecular flexibility index (Phi) is 3.27. The van der Waals surface area contributed by atoms with Crippen LogP contribution in [0.2, 0.25) is 0 Å². The monoisotopic (exact) mass is 233 g/mol. The summed E-state index contributed by atoms with van der Waals surface area (Å²) in [6.07, 6.45) is 1.03. The molecule has 2 rings (SSSR count). The number of rotatable bonds is 3. The Balaban J connectivity index is 2.07. The molecule has 0 radical (unpaired) electrons. The minimum Gasteiger partial charge on any atom is -0.365 e. The van der Waals surface area contributed by atoms with Crippen molar-refractivity contribution in [3.05, 3.63) is 57.5 Å². The molecular formula is C12H15N3O2. The zero-order valence-corrected chi connectivity index (χ0v) is 9.72. The Bertz CT molecular complexity index is 440. The molecule has 0 amide bonds. The molecule has 1 aliphatic rings. The van der Waals surface area contributed by atoms with E-state index in [9.17, 15) is 10.1 Å². The average Bonchev–Trinajstić information content (AvgIpc) is 2.68. The van der Waals surface area contributed by atoms with Gasteiger partial charge in [-0.15, -0.1) is 0 Å². The standard InChI is InChI=1S/C12H15N3O2/c1-10-2-4-11(5-3-10)8-14-7-6-13-12(14)9-15(16)17/h2-5,9,13H,6-8H2,1H3. The van der Waals surface area contributed by atoms with E-state index in [2.05, 4.69) is 29.6 Å². The average molecular weight is 233 g/mol. The number of hydrogen-bond acceptors (Lipinski definition) is 4. The molecule has 1 fully saturated rings. The first-order valence-corrected chi connectivity index (χ1v) is 5.55. The molecule has 0 aromatic heterocycles. The van der Waals surface area contributed by atoms with Gasteiger partial charge in [0.25, 0.3) is 6.20 Å². The molecule has 0 aliphatic carbocycles. The molecule has 0 atom stereocenters. The van der Waals surface area contributed by atoms with E-state index in [0.717, 1.165) is 24.9 Å². The quantitative estimate of drug-likeness (QED) is 0.634. The number of nitrogens with one attached hydrogen (secondary N) is 1. The van der Waals surface area contributed by atoms with Gasteiger partial charge in [0.15, 0.2) is 5.82 Å². The van der Waals surface area contributed by atoms with Gasteiger partial charge in [0.05, 0.1) is 4.92 Å². The molecule has 0 bridgehead atoms. The van der Waals surface area contributed by atoms with Crippen LogP contribution in [0.25, 0.3) is 0 Å². The van der Waals surface area contributed by atoms with Crippen LogP contribution in [0.5, 0.6) is 0 Å². The first-order chi connectivity index (χ1) is 8.15. The van der Waals surface area contributed by atoms with Crippen molar-refractivity contribution in [2.75, 3.05) is 13.1 Å². The predicted octanol–water partition coefficient (Wildman–Crippen LogP) is 1.48. The van der Waals surface area contributed by atoms with E-state index < -0.39 is 4.92 Å². The van der Waals surface area contributed by atoms with Crippen molar-refractivity contribution >= 4 is 0 Å². The molecular weight excluding hydrogens is 218 g/mol. The second-order valence-corrected chi connectivity index (χ2v) is 4.13. The van der Waals surface area contributed by atoms with Gasteiger partial charge in [-0.25, -0.2) is 0 Å². The molecule has 0 saturated carbocycles. The zero-order valence-electron chi connectivity index (χ0n) is 9.72. The molecule has 5 heteroatoms. The maximum atomic E-state index is 10.5. The van der Waals surface area contributed by atoms with Crippen LogP contribution in [-0.2, 0) is 6.54 Å². The topological polar surface area (TPSA) is 58.4 Å². The highest BCUT2D eigenvalue weighted by Crippen LogP contribution is 2.13. The third kappa shape index (κ3) is 2.96. The van der Waals surface area contributed by atoms with Gasteiger partial charge in [0.1, 0.15) is 0 Å². The lowest BCUT2D eigenvalue weighted by molar-refractivity contribution is -0.404. The fraction of sp³-hybridized carbons (Fsp3) is 0.333. The second kappa shape index (κ2) is 4.86. The zero-order chi connectivity index (χ0) is 12.3. The summed E-state index contributed by atoms with van der Waals surface area (Å²) in [6, 6.07) is 8.21. The highest BCUT2D eigenvalue weighted by molar-refractivity contribution is 5.22. The fourth-order valence-electron chi connectivity index (χ4n) is 1.86. The van der Waals surface area contributed by atoms with Crippen LogP contribution in [0.15, 0.2) is 36.3 Å². The predicted molar refractivity (Wildman–Crippen MR) is 64.7 cm³/mol. The lowest BCUT2D eigenvalue weighted by atomic mass is 10.1. The van der Waals surface area contributed by atoms with Crippen LogP contribution in [0.4, 0.5) is 0 Å². The second-order valence-electron chi connectivity index (χ2n) is 4.13. The van der Waals surface area contributed by atoms with Crippen molar-refractivity contribution in [3.63, 3.8) is 0 Å².